The number of hydrogen-bond donors (Lipinski definition) is 0. The normalized spacial score (nSPS) is 11.9. The van der Waals surface area contributed by atoms with Crippen molar-refractivity contribution in [2.75, 3.05) is 46.3 Å². The number of fused-ring (bicyclic) bond motifs is 2. The Balaban J connectivity index is 2.01. The first-order valence-electron chi connectivity index (χ1n) is 11.0. The predicted molar refractivity (Wildman–Crippen MR) is 144 cm³/mol. The van der Waals surface area contributed by atoms with E-state index in [1.54, 1.807) is 11.3 Å². The van der Waals surface area contributed by atoms with Gasteiger partial charge in [0, 0.05) is 62.9 Å². The number of nitrogens with zero attached hydrogens (tertiary/aromatic N) is 2. The smallest absolute Gasteiger partial charge is 0.371 e. The third-order valence-corrected chi connectivity index (χ3v) is 10.3. The summed E-state index contributed by atoms with van der Waals surface area (Å²) < 4.78 is 28.6. The first kappa shape index (κ1) is 24.1. The molecular weight excluding hydrogens is 471 g/mol. The molecule has 4 rings (SSSR count). The Labute approximate surface area is 203 Å². The Morgan fingerprint density at radius 2 is 1.64 bits per heavy atom. The second kappa shape index (κ2) is 9.69. The molecule has 33 heavy (non-hydrogen) atoms. The summed E-state index contributed by atoms with van der Waals surface area (Å²) in [5.41, 5.74) is 3.51. The van der Waals surface area contributed by atoms with Crippen LogP contribution in [0.3, 0.4) is 0 Å². The molecule has 0 N–H and O–H groups in total. The Kier molecular flexibility index (Phi) is 7.08. The SMILES string of the molecule is CCOP(=O)(OCC)c1ccc(-c2c3ccc(=[N+](C)C)cc-3sc3cc(N(C)C)ccc23)s1. The summed E-state index contributed by atoms with van der Waals surface area (Å²) in [5, 5.41) is 2.35. The van der Waals surface area contributed by atoms with Crippen molar-refractivity contribution in [2.45, 2.75) is 13.8 Å². The molecule has 0 unspecified atom stereocenters. The van der Waals surface area contributed by atoms with Crippen molar-refractivity contribution < 1.29 is 13.6 Å². The fraction of sp³-hybridized carbons (Fsp3) is 0.320. The number of thiophene rings is 1. The van der Waals surface area contributed by atoms with E-state index < -0.39 is 7.60 Å². The largest absolute Gasteiger partial charge is 0.378 e. The van der Waals surface area contributed by atoms with Crippen molar-refractivity contribution >= 4 is 50.7 Å². The highest BCUT2D eigenvalue weighted by molar-refractivity contribution is 7.69. The lowest BCUT2D eigenvalue weighted by atomic mass is 10.00. The maximum absolute atomic E-state index is 13.4. The van der Waals surface area contributed by atoms with E-state index in [-0.39, 0.29) is 0 Å². The lowest BCUT2D eigenvalue weighted by Gasteiger charge is -2.17. The van der Waals surface area contributed by atoms with Crippen LogP contribution in [0.25, 0.3) is 31.0 Å². The molecule has 2 aromatic rings. The molecule has 1 aromatic carbocycles. The summed E-state index contributed by atoms with van der Waals surface area (Å²) in [7, 11) is 4.91. The summed E-state index contributed by atoms with van der Waals surface area (Å²) >= 11 is 3.29. The van der Waals surface area contributed by atoms with Crippen LogP contribution in [0.4, 0.5) is 5.69 Å². The fourth-order valence-corrected chi connectivity index (χ4v) is 8.10. The van der Waals surface area contributed by atoms with Gasteiger partial charge in [0.1, 0.15) is 18.7 Å². The van der Waals surface area contributed by atoms with Crippen LogP contribution in [0.1, 0.15) is 13.8 Å². The Hall–Kier alpha value is -2.02. The molecule has 0 spiro atoms. The van der Waals surface area contributed by atoms with E-state index in [0.29, 0.717) is 17.8 Å². The van der Waals surface area contributed by atoms with Gasteiger partial charge in [0.2, 0.25) is 5.36 Å². The highest BCUT2D eigenvalue weighted by atomic mass is 32.1. The molecule has 0 saturated heterocycles. The van der Waals surface area contributed by atoms with Gasteiger partial charge in [0.05, 0.1) is 13.2 Å². The van der Waals surface area contributed by atoms with Crippen LogP contribution in [0.5, 0.6) is 0 Å². The zero-order chi connectivity index (χ0) is 23.8. The standard InChI is InChI=1S/C25H30N2O3PS2/c1-7-29-31(28,30-8-2)24-14-13-21(33-24)25-19-11-9-17(26(3)4)15-22(19)32-23-16-18(27(5)6)10-12-20(23)25/h9-16H,7-8H2,1-6H3/q+1. The molecule has 0 atom stereocenters. The molecule has 2 heterocycles. The number of rotatable bonds is 7. The zero-order valence-electron chi connectivity index (χ0n) is 19.9. The minimum Gasteiger partial charge on any atom is -0.378 e. The quantitative estimate of drug-likeness (QED) is 0.184. The maximum Gasteiger partial charge on any atom is 0.371 e. The molecule has 0 radical (unpaired) electrons. The van der Waals surface area contributed by atoms with E-state index >= 15 is 0 Å². The van der Waals surface area contributed by atoms with E-state index in [1.165, 1.54) is 31.9 Å². The van der Waals surface area contributed by atoms with Crippen molar-refractivity contribution in [3.63, 3.8) is 0 Å². The molecule has 8 heteroatoms. The van der Waals surface area contributed by atoms with Crippen LogP contribution in [0, 0.1) is 0 Å². The van der Waals surface area contributed by atoms with Crippen LogP contribution in [0.15, 0.2) is 48.5 Å². The van der Waals surface area contributed by atoms with E-state index in [4.69, 9.17) is 9.05 Å². The second-order valence-electron chi connectivity index (χ2n) is 8.10. The fourth-order valence-electron chi connectivity index (χ4n) is 3.80. The van der Waals surface area contributed by atoms with Crippen LogP contribution >= 0.6 is 30.3 Å². The molecule has 1 aromatic heterocycles. The molecule has 0 bridgehead atoms. The Morgan fingerprint density at radius 1 is 0.909 bits per heavy atom. The topological polar surface area (TPSA) is 41.8 Å². The van der Waals surface area contributed by atoms with E-state index in [9.17, 15) is 4.57 Å². The summed E-state index contributed by atoms with van der Waals surface area (Å²) in [6, 6.07) is 17.1. The lowest BCUT2D eigenvalue weighted by Crippen LogP contribution is -2.21. The monoisotopic (exact) mass is 501 g/mol. The van der Waals surface area contributed by atoms with Crippen molar-refractivity contribution in [3.05, 3.63) is 53.9 Å². The minimum atomic E-state index is -3.33. The Bertz CT molecular complexity index is 1380. The van der Waals surface area contributed by atoms with Gasteiger partial charge in [-0.15, -0.1) is 22.7 Å². The summed E-state index contributed by atoms with van der Waals surface area (Å²) in [6.07, 6.45) is 0. The summed E-state index contributed by atoms with van der Waals surface area (Å²) in [4.78, 5) is 4.39. The molecule has 0 saturated carbocycles. The number of benzene rings is 2. The molecule has 5 nitrogen and oxygen atoms in total. The predicted octanol–water partition coefficient (Wildman–Crippen LogP) is 5.72. The zero-order valence-corrected chi connectivity index (χ0v) is 22.4. The highest BCUT2D eigenvalue weighted by Crippen LogP contribution is 2.51. The van der Waals surface area contributed by atoms with Crippen LogP contribution < -0.4 is 19.5 Å². The lowest BCUT2D eigenvalue weighted by molar-refractivity contribution is 0.230. The maximum atomic E-state index is 13.4. The molecule has 1 aliphatic heterocycles. The third kappa shape index (κ3) is 4.66. The number of anilines is 1. The molecular formula is C25H30N2O3PS2+. The molecule has 0 amide bonds. The van der Waals surface area contributed by atoms with E-state index in [1.807, 2.05) is 26.0 Å². The first-order valence-corrected chi connectivity index (χ1v) is 14.1. The average Bonchev–Trinajstić information content (AvgIpc) is 3.27. The van der Waals surface area contributed by atoms with Gasteiger partial charge in [-0.2, -0.15) is 0 Å². The van der Waals surface area contributed by atoms with Gasteiger partial charge < -0.3 is 13.9 Å². The second-order valence-corrected chi connectivity index (χ2v) is 12.6. The molecule has 2 aliphatic rings. The van der Waals surface area contributed by atoms with E-state index in [2.05, 4.69) is 74.1 Å². The third-order valence-electron chi connectivity index (χ3n) is 5.43. The highest BCUT2D eigenvalue weighted by Gasteiger charge is 2.29. The minimum absolute atomic E-state index is 0.337. The van der Waals surface area contributed by atoms with Gasteiger partial charge in [0.25, 0.3) is 0 Å². The number of hydrogen-bond acceptors (Lipinski definition) is 6. The van der Waals surface area contributed by atoms with Gasteiger partial charge >= 0.3 is 7.60 Å². The van der Waals surface area contributed by atoms with Gasteiger partial charge in [0.15, 0.2) is 0 Å². The Morgan fingerprint density at radius 3 is 2.27 bits per heavy atom. The molecule has 1 aliphatic carbocycles. The van der Waals surface area contributed by atoms with Crippen LogP contribution in [0.2, 0.25) is 0 Å². The average molecular weight is 502 g/mol. The van der Waals surface area contributed by atoms with Crippen molar-refractivity contribution in [1.82, 2.24) is 4.58 Å². The summed E-state index contributed by atoms with van der Waals surface area (Å²) in [5.74, 6) is 0. The van der Waals surface area contributed by atoms with Crippen molar-refractivity contribution in [2.24, 2.45) is 0 Å². The van der Waals surface area contributed by atoms with Crippen LogP contribution in [-0.4, -0.2) is 41.4 Å². The van der Waals surface area contributed by atoms with Crippen LogP contribution in [-0.2, 0) is 13.6 Å². The van der Waals surface area contributed by atoms with Gasteiger partial charge in [-0.05, 0) is 44.2 Å². The van der Waals surface area contributed by atoms with Gasteiger partial charge in [-0.25, -0.2) is 4.58 Å². The van der Waals surface area contributed by atoms with Crippen molar-refractivity contribution in [1.29, 1.82) is 0 Å². The van der Waals surface area contributed by atoms with Gasteiger partial charge in [-0.1, -0.05) is 6.07 Å². The first-order chi connectivity index (χ1) is 15.8. The van der Waals surface area contributed by atoms with Gasteiger partial charge in [-0.3, -0.25) is 4.57 Å². The van der Waals surface area contributed by atoms with Crippen molar-refractivity contribution in [3.8, 4) is 20.9 Å². The summed E-state index contributed by atoms with van der Waals surface area (Å²) in [6.45, 7) is 4.35. The molecule has 0 fully saturated rings. The van der Waals surface area contributed by atoms with E-state index in [0.717, 1.165) is 21.5 Å². The molecule has 174 valence electrons.